The molecule has 0 aromatic heterocycles. The van der Waals surface area contributed by atoms with Gasteiger partial charge in [0.05, 0.1) is 22.9 Å². The normalized spacial score (nSPS) is 18.9. The zero-order valence-electron chi connectivity index (χ0n) is 21.6. The summed E-state index contributed by atoms with van der Waals surface area (Å²) in [6, 6.07) is 4.38. The Bertz CT molecular complexity index is 1160. The van der Waals surface area contributed by atoms with Crippen molar-refractivity contribution in [3.05, 3.63) is 40.5 Å². The molecule has 0 N–H and O–H groups in total. The summed E-state index contributed by atoms with van der Waals surface area (Å²) in [6.07, 6.45) is 2.39. The number of hydrogen-bond donors (Lipinski definition) is 0. The van der Waals surface area contributed by atoms with Crippen LogP contribution in [0.4, 0.5) is 18.9 Å². The summed E-state index contributed by atoms with van der Waals surface area (Å²) in [5.74, 6) is -0.616. The molecule has 1 saturated carbocycles. The van der Waals surface area contributed by atoms with Crippen LogP contribution in [0.15, 0.2) is 29.3 Å². The van der Waals surface area contributed by atoms with Crippen molar-refractivity contribution in [1.82, 2.24) is 9.80 Å². The second-order valence-electron chi connectivity index (χ2n) is 10.3. The highest BCUT2D eigenvalue weighted by Gasteiger charge is 2.39. The van der Waals surface area contributed by atoms with Crippen LogP contribution < -0.4 is 4.90 Å². The van der Waals surface area contributed by atoms with E-state index < -0.39 is 29.1 Å². The molecule has 1 aliphatic carbocycles. The van der Waals surface area contributed by atoms with Crippen molar-refractivity contribution < 1.29 is 27.6 Å². The van der Waals surface area contributed by atoms with Gasteiger partial charge in [-0.15, -0.1) is 0 Å². The van der Waals surface area contributed by atoms with Gasteiger partial charge >= 0.3 is 6.18 Å². The molecular weight excluding hydrogens is 497 g/mol. The Hall–Kier alpha value is -3.19. The number of alkyl halides is 3. The number of amides is 3. The third kappa shape index (κ3) is 6.26. The Kier molecular flexibility index (Phi) is 8.56. The Morgan fingerprint density at radius 1 is 1.00 bits per heavy atom. The molecule has 0 atom stereocenters. The number of halogens is 3. The lowest BCUT2D eigenvalue weighted by molar-refractivity contribution is -0.138. The largest absolute Gasteiger partial charge is 0.417 e. The van der Waals surface area contributed by atoms with Crippen LogP contribution in [0.1, 0.15) is 69.4 Å². The predicted molar refractivity (Wildman–Crippen MR) is 135 cm³/mol. The van der Waals surface area contributed by atoms with Crippen LogP contribution in [-0.2, 0) is 20.6 Å². The number of carbonyl (C=O) groups is 3. The van der Waals surface area contributed by atoms with Gasteiger partial charge in [0.15, 0.2) is 0 Å². The first-order chi connectivity index (χ1) is 18.1. The van der Waals surface area contributed by atoms with Crippen LogP contribution >= 0.6 is 0 Å². The molecule has 2 aliphatic heterocycles. The fourth-order valence-corrected chi connectivity index (χ4v) is 5.16. The summed E-state index contributed by atoms with van der Waals surface area (Å²) >= 11 is 0. The third-order valence-corrected chi connectivity index (χ3v) is 7.64. The van der Waals surface area contributed by atoms with Gasteiger partial charge in [-0.25, -0.2) is 4.90 Å². The van der Waals surface area contributed by atoms with Crippen LogP contribution in [0, 0.1) is 17.2 Å². The number of anilines is 1. The molecule has 3 aliphatic rings. The number of carbonyl (C=O) groups excluding carboxylic acids is 3. The van der Waals surface area contributed by atoms with Crippen molar-refractivity contribution >= 4 is 23.4 Å². The Labute approximate surface area is 220 Å². The lowest BCUT2D eigenvalue weighted by atomic mass is 10.0. The molecule has 2 fully saturated rings. The number of benzene rings is 1. The molecule has 0 radical (unpaired) electrons. The summed E-state index contributed by atoms with van der Waals surface area (Å²) in [4.78, 5) is 43.0. The van der Waals surface area contributed by atoms with Gasteiger partial charge in [-0.3, -0.25) is 19.3 Å². The Balaban J connectivity index is 1.19. The van der Waals surface area contributed by atoms with Crippen LogP contribution in [-0.4, -0.2) is 60.2 Å². The van der Waals surface area contributed by atoms with Crippen molar-refractivity contribution in [3.8, 4) is 6.07 Å². The lowest BCUT2D eigenvalue weighted by Crippen LogP contribution is -2.49. The van der Waals surface area contributed by atoms with Crippen molar-refractivity contribution in [1.29, 1.82) is 5.26 Å². The molecule has 0 spiro atoms. The van der Waals surface area contributed by atoms with Crippen LogP contribution in [0.25, 0.3) is 0 Å². The zero-order chi connectivity index (χ0) is 27.4. The topological polar surface area (TPSA) is 84.7 Å². The fraction of sp³-hybridized carbons (Fsp3) is 0.571. The first-order valence-corrected chi connectivity index (χ1v) is 13.3. The molecule has 38 heavy (non-hydrogen) atoms. The highest BCUT2D eigenvalue weighted by molar-refractivity contribution is 6.32. The van der Waals surface area contributed by atoms with Crippen molar-refractivity contribution in [2.45, 2.75) is 64.5 Å². The molecule has 1 aromatic carbocycles. The smallest absolute Gasteiger partial charge is 0.340 e. The highest BCUT2D eigenvalue weighted by atomic mass is 19.4. The van der Waals surface area contributed by atoms with Crippen LogP contribution in [0.3, 0.4) is 0 Å². The number of unbranched alkanes of at least 4 members (excludes halogenated alkanes) is 4. The molecule has 7 nitrogen and oxygen atoms in total. The molecule has 0 bridgehead atoms. The molecule has 4 rings (SSSR count). The van der Waals surface area contributed by atoms with Gasteiger partial charge in [0.1, 0.15) is 0 Å². The number of nitrogens with zero attached hydrogens (tertiary/aromatic N) is 4. The minimum Gasteiger partial charge on any atom is -0.340 e. The summed E-state index contributed by atoms with van der Waals surface area (Å²) in [5, 5.41) is 8.99. The van der Waals surface area contributed by atoms with E-state index in [9.17, 15) is 27.6 Å². The maximum absolute atomic E-state index is 13.4. The second-order valence-corrected chi connectivity index (χ2v) is 10.3. The third-order valence-electron chi connectivity index (χ3n) is 7.64. The van der Waals surface area contributed by atoms with Gasteiger partial charge < -0.3 is 4.90 Å². The van der Waals surface area contributed by atoms with E-state index in [1.807, 2.05) is 4.90 Å². The number of piperazine rings is 1. The standard InChI is InChI=1S/C28H33F3N4O3/c1-19-23(27(38)35(25(19)36)22-11-10-21(18-32)24(17-22)28(29,30)31)7-5-3-2-4-6-12-33-13-15-34(16-14-33)26(37)20-8-9-20/h10-11,17,20H,2-9,12-16H2,1H3. The molecule has 0 unspecified atom stereocenters. The molecule has 1 saturated heterocycles. The van der Waals surface area contributed by atoms with Crippen molar-refractivity contribution in [2.24, 2.45) is 5.92 Å². The Morgan fingerprint density at radius 2 is 1.66 bits per heavy atom. The van der Waals surface area contributed by atoms with E-state index in [2.05, 4.69) is 4.90 Å². The van der Waals surface area contributed by atoms with Gasteiger partial charge in [0.25, 0.3) is 11.8 Å². The van der Waals surface area contributed by atoms with E-state index in [4.69, 9.17) is 5.26 Å². The number of nitriles is 1. The summed E-state index contributed by atoms with van der Waals surface area (Å²) in [5.41, 5.74) is -1.31. The second kappa shape index (κ2) is 11.7. The van der Waals surface area contributed by atoms with Gasteiger partial charge in [-0.1, -0.05) is 19.3 Å². The first kappa shape index (κ1) is 27.8. The van der Waals surface area contributed by atoms with E-state index in [1.54, 1.807) is 0 Å². The lowest BCUT2D eigenvalue weighted by Gasteiger charge is -2.34. The zero-order valence-corrected chi connectivity index (χ0v) is 21.6. The minimum absolute atomic E-state index is 0.182. The van der Waals surface area contributed by atoms with E-state index in [0.717, 1.165) is 82.2 Å². The van der Waals surface area contributed by atoms with Gasteiger partial charge in [-0.05, 0) is 63.8 Å². The van der Waals surface area contributed by atoms with E-state index in [-0.39, 0.29) is 17.2 Å². The van der Waals surface area contributed by atoms with E-state index in [0.29, 0.717) is 30.4 Å². The maximum Gasteiger partial charge on any atom is 0.417 e. The summed E-state index contributed by atoms with van der Waals surface area (Å²) in [6.45, 7) is 6.00. The summed E-state index contributed by atoms with van der Waals surface area (Å²) in [7, 11) is 0. The average molecular weight is 531 g/mol. The van der Waals surface area contributed by atoms with E-state index in [1.165, 1.54) is 19.1 Å². The monoisotopic (exact) mass is 530 g/mol. The van der Waals surface area contributed by atoms with Crippen LogP contribution in [0.2, 0.25) is 0 Å². The number of hydrogen-bond acceptors (Lipinski definition) is 5. The Morgan fingerprint density at radius 3 is 2.29 bits per heavy atom. The highest BCUT2D eigenvalue weighted by Crippen LogP contribution is 2.37. The van der Waals surface area contributed by atoms with Crippen molar-refractivity contribution in [3.63, 3.8) is 0 Å². The summed E-state index contributed by atoms with van der Waals surface area (Å²) < 4.78 is 40.1. The van der Waals surface area contributed by atoms with Crippen molar-refractivity contribution in [2.75, 3.05) is 37.6 Å². The number of imide groups is 1. The average Bonchev–Trinajstić information content (AvgIpc) is 3.72. The SMILES string of the molecule is CC1=C(CCCCCCCN2CCN(C(=O)C3CC3)CC2)C(=O)N(c2ccc(C#N)c(C(F)(F)F)c2)C1=O. The quantitative estimate of drug-likeness (QED) is 0.325. The van der Waals surface area contributed by atoms with Crippen LogP contribution in [0.5, 0.6) is 0 Å². The maximum atomic E-state index is 13.4. The molecule has 1 aromatic rings. The molecule has 10 heteroatoms. The molecule has 3 amide bonds. The molecule has 2 heterocycles. The van der Waals surface area contributed by atoms with E-state index >= 15 is 0 Å². The molecular formula is C28H33F3N4O3. The van der Waals surface area contributed by atoms with Gasteiger partial charge in [0.2, 0.25) is 5.91 Å². The molecule has 204 valence electrons. The first-order valence-electron chi connectivity index (χ1n) is 13.3. The predicted octanol–water partition coefficient (Wildman–Crippen LogP) is 4.66. The van der Waals surface area contributed by atoms with Gasteiger partial charge in [-0.2, -0.15) is 18.4 Å². The number of rotatable bonds is 10. The fourth-order valence-electron chi connectivity index (χ4n) is 5.16. The van der Waals surface area contributed by atoms with Gasteiger partial charge in [0, 0.05) is 43.2 Å². The minimum atomic E-state index is -4.78.